The minimum absolute atomic E-state index is 0.0485. The van der Waals surface area contributed by atoms with E-state index in [9.17, 15) is 13.2 Å². The molecular weight excluding hydrogens is 302 g/mol. The molecule has 4 N–H and O–H groups in total. The fraction of sp³-hybridized carbons (Fsp3) is 0.533. The Bertz CT molecular complexity index is 613. The van der Waals surface area contributed by atoms with Crippen LogP contribution in [0.25, 0.3) is 0 Å². The Labute approximate surface area is 131 Å². The highest BCUT2D eigenvalue weighted by molar-refractivity contribution is 7.89. The molecule has 2 atom stereocenters. The lowest BCUT2D eigenvalue weighted by atomic mass is 10.1. The van der Waals surface area contributed by atoms with Crippen LogP contribution in [0.3, 0.4) is 0 Å². The normalized spacial score (nSPS) is 21.7. The fourth-order valence-electron chi connectivity index (χ4n) is 2.54. The van der Waals surface area contributed by atoms with Crippen LogP contribution in [0.2, 0.25) is 0 Å². The summed E-state index contributed by atoms with van der Waals surface area (Å²) in [5.74, 6) is -0.0997. The zero-order valence-corrected chi connectivity index (χ0v) is 13.5. The zero-order chi connectivity index (χ0) is 16.2. The van der Waals surface area contributed by atoms with E-state index in [1.807, 2.05) is 6.92 Å². The summed E-state index contributed by atoms with van der Waals surface area (Å²) in [6.45, 7) is 2.30. The predicted octanol–water partition coefficient (Wildman–Crippen LogP) is 1.44. The topological polar surface area (TPSA) is 101 Å². The lowest BCUT2D eigenvalue weighted by Gasteiger charge is -2.11. The summed E-state index contributed by atoms with van der Waals surface area (Å²) in [6.07, 6.45) is 3.12. The molecule has 1 aliphatic rings. The van der Waals surface area contributed by atoms with Gasteiger partial charge in [-0.25, -0.2) is 13.1 Å². The third-order valence-electron chi connectivity index (χ3n) is 3.82. The van der Waals surface area contributed by atoms with Gasteiger partial charge in [-0.2, -0.15) is 0 Å². The van der Waals surface area contributed by atoms with E-state index in [0.29, 0.717) is 18.7 Å². The second kappa shape index (κ2) is 7.21. The lowest BCUT2D eigenvalue weighted by Crippen LogP contribution is -2.24. The molecule has 1 aliphatic carbocycles. The van der Waals surface area contributed by atoms with Gasteiger partial charge in [0.15, 0.2) is 0 Å². The first-order valence-electron chi connectivity index (χ1n) is 7.58. The average molecular weight is 325 g/mol. The number of carbonyl (C=O) groups is 1. The number of nitrogens with two attached hydrogens (primary N) is 1. The molecule has 0 radical (unpaired) electrons. The third kappa shape index (κ3) is 4.28. The molecule has 0 aliphatic heterocycles. The van der Waals surface area contributed by atoms with Gasteiger partial charge in [0.25, 0.3) is 0 Å². The molecule has 1 fully saturated rings. The van der Waals surface area contributed by atoms with Gasteiger partial charge < -0.3 is 11.1 Å². The summed E-state index contributed by atoms with van der Waals surface area (Å²) in [7, 11) is -3.47. The van der Waals surface area contributed by atoms with Gasteiger partial charge in [-0.3, -0.25) is 4.79 Å². The summed E-state index contributed by atoms with van der Waals surface area (Å²) in [4.78, 5) is 12.3. The van der Waals surface area contributed by atoms with Gasteiger partial charge in [-0.15, -0.1) is 0 Å². The smallest absolute Gasteiger partial charge is 0.240 e. The highest BCUT2D eigenvalue weighted by Crippen LogP contribution is 2.25. The number of hydrogen-bond acceptors (Lipinski definition) is 4. The van der Waals surface area contributed by atoms with Crippen LogP contribution < -0.4 is 15.8 Å². The van der Waals surface area contributed by atoms with Crippen LogP contribution in [0, 0.1) is 5.92 Å². The van der Waals surface area contributed by atoms with Crippen molar-refractivity contribution in [1.82, 2.24) is 4.72 Å². The molecule has 0 aromatic heterocycles. The van der Waals surface area contributed by atoms with E-state index in [4.69, 9.17) is 5.73 Å². The molecule has 0 heterocycles. The van der Waals surface area contributed by atoms with Crippen molar-refractivity contribution in [3.8, 4) is 0 Å². The molecule has 1 aromatic rings. The minimum atomic E-state index is -3.47. The molecule has 2 rings (SSSR count). The Balaban J connectivity index is 1.98. The van der Waals surface area contributed by atoms with Crippen molar-refractivity contribution in [2.24, 2.45) is 11.7 Å². The highest BCUT2D eigenvalue weighted by atomic mass is 32.2. The average Bonchev–Trinajstić information content (AvgIpc) is 2.92. The van der Waals surface area contributed by atoms with Gasteiger partial charge in [0.1, 0.15) is 0 Å². The first-order chi connectivity index (χ1) is 10.4. The maximum absolute atomic E-state index is 12.1. The quantitative estimate of drug-likeness (QED) is 0.736. The van der Waals surface area contributed by atoms with Crippen LogP contribution >= 0.6 is 0 Å². The standard InChI is InChI=1S/C15H23N3O3S/c1-2-9-17-22(20,21)14-7-5-13(6-8-14)18-15(19)11-3-4-12(16)10-11/h5-8,11-12,17H,2-4,9-10,16H2,1H3,(H,18,19). The van der Waals surface area contributed by atoms with Gasteiger partial charge >= 0.3 is 0 Å². The summed E-state index contributed by atoms with van der Waals surface area (Å²) >= 11 is 0. The predicted molar refractivity (Wildman–Crippen MR) is 85.9 cm³/mol. The fourth-order valence-corrected chi connectivity index (χ4v) is 3.67. The molecule has 0 spiro atoms. The Morgan fingerprint density at radius 1 is 1.27 bits per heavy atom. The number of benzene rings is 1. The van der Waals surface area contributed by atoms with E-state index in [1.54, 1.807) is 12.1 Å². The number of nitrogens with one attached hydrogen (secondary N) is 2. The largest absolute Gasteiger partial charge is 0.328 e. The maximum Gasteiger partial charge on any atom is 0.240 e. The van der Waals surface area contributed by atoms with Crippen LogP contribution in [0.15, 0.2) is 29.2 Å². The Kier molecular flexibility index (Phi) is 5.55. The molecule has 0 saturated heterocycles. The molecule has 122 valence electrons. The van der Waals surface area contributed by atoms with Crippen LogP contribution in [-0.4, -0.2) is 26.9 Å². The Morgan fingerprint density at radius 3 is 2.50 bits per heavy atom. The van der Waals surface area contributed by atoms with E-state index < -0.39 is 10.0 Å². The van der Waals surface area contributed by atoms with Crippen LogP contribution in [0.5, 0.6) is 0 Å². The number of carbonyl (C=O) groups excluding carboxylic acids is 1. The second-order valence-electron chi connectivity index (χ2n) is 5.68. The van der Waals surface area contributed by atoms with E-state index in [1.165, 1.54) is 12.1 Å². The van der Waals surface area contributed by atoms with Gasteiger partial charge in [0.2, 0.25) is 15.9 Å². The van der Waals surface area contributed by atoms with Crippen molar-refractivity contribution in [3.63, 3.8) is 0 Å². The molecule has 1 aromatic carbocycles. The number of amides is 1. The van der Waals surface area contributed by atoms with E-state index >= 15 is 0 Å². The van der Waals surface area contributed by atoms with Gasteiger partial charge in [0, 0.05) is 24.2 Å². The van der Waals surface area contributed by atoms with Crippen molar-refractivity contribution in [2.45, 2.75) is 43.5 Å². The minimum Gasteiger partial charge on any atom is -0.328 e. The molecule has 1 saturated carbocycles. The molecule has 2 unspecified atom stereocenters. The summed E-state index contributed by atoms with van der Waals surface area (Å²) in [5, 5.41) is 2.82. The molecule has 22 heavy (non-hydrogen) atoms. The second-order valence-corrected chi connectivity index (χ2v) is 7.45. The lowest BCUT2D eigenvalue weighted by molar-refractivity contribution is -0.119. The number of sulfonamides is 1. The van der Waals surface area contributed by atoms with Gasteiger partial charge in [-0.05, 0) is 49.9 Å². The van der Waals surface area contributed by atoms with Crippen molar-refractivity contribution < 1.29 is 13.2 Å². The number of rotatable bonds is 6. The third-order valence-corrected chi connectivity index (χ3v) is 5.30. The van der Waals surface area contributed by atoms with E-state index in [0.717, 1.165) is 19.3 Å². The van der Waals surface area contributed by atoms with Gasteiger partial charge in [0.05, 0.1) is 4.90 Å². The zero-order valence-electron chi connectivity index (χ0n) is 12.7. The highest BCUT2D eigenvalue weighted by Gasteiger charge is 2.27. The van der Waals surface area contributed by atoms with Crippen molar-refractivity contribution in [3.05, 3.63) is 24.3 Å². The molecule has 0 bridgehead atoms. The first-order valence-corrected chi connectivity index (χ1v) is 9.07. The van der Waals surface area contributed by atoms with E-state index in [-0.39, 0.29) is 22.8 Å². The van der Waals surface area contributed by atoms with Gasteiger partial charge in [-0.1, -0.05) is 6.92 Å². The van der Waals surface area contributed by atoms with Crippen LogP contribution in [0.4, 0.5) is 5.69 Å². The monoisotopic (exact) mass is 325 g/mol. The Hall–Kier alpha value is -1.44. The molecule has 7 heteroatoms. The van der Waals surface area contributed by atoms with Crippen molar-refractivity contribution in [2.75, 3.05) is 11.9 Å². The van der Waals surface area contributed by atoms with Crippen LogP contribution in [0.1, 0.15) is 32.6 Å². The van der Waals surface area contributed by atoms with E-state index in [2.05, 4.69) is 10.0 Å². The number of hydrogen-bond donors (Lipinski definition) is 3. The molecular formula is C15H23N3O3S. The van der Waals surface area contributed by atoms with Crippen molar-refractivity contribution in [1.29, 1.82) is 0 Å². The van der Waals surface area contributed by atoms with Crippen molar-refractivity contribution >= 4 is 21.6 Å². The first kappa shape index (κ1) is 16.9. The van der Waals surface area contributed by atoms with Crippen LogP contribution in [-0.2, 0) is 14.8 Å². The summed E-state index contributed by atoms with van der Waals surface area (Å²) in [5.41, 5.74) is 6.41. The summed E-state index contributed by atoms with van der Waals surface area (Å²) < 4.78 is 26.4. The molecule has 6 nitrogen and oxygen atoms in total. The Morgan fingerprint density at radius 2 is 1.95 bits per heavy atom. The maximum atomic E-state index is 12.1. The SMILES string of the molecule is CCCNS(=O)(=O)c1ccc(NC(=O)C2CCC(N)C2)cc1. The summed E-state index contributed by atoms with van der Waals surface area (Å²) in [6, 6.07) is 6.30. The molecule has 1 amide bonds. The number of anilines is 1.